The van der Waals surface area contributed by atoms with Gasteiger partial charge in [0.15, 0.2) is 0 Å². The van der Waals surface area contributed by atoms with Crippen LogP contribution < -0.4 is 0 Å². The molecule has 1 fully saturated rings. The molecule has 2 atom stereocenters. The van der Waals surface area contributed by atoms with Gasteiger partial charge in [-0.2, -0.15) is 0 Å². The summed E-state index contributed by atoms with van der Waals surface area (Å²) in [6.07, 6.45) is 5.13. The summed E-state index contributed by atoms with van der Waals surface area (Å²) < 4.78 is 10.1. The van der Waals surface area contributed by atoms with E-state index in [1.54, 1.807) is 0 Å². The van der Waals surface area contributed by atoms with Gasteiger partial charge in [0, 0.05) is 0 Å². The zero-order valence-corrected chi connectivity index (χ0v) is 8.49. The number of rotatable bonds is 3. The number of carbonyl (C=O) groups excluding carboxylic acids is 1. The quantitative estimate of drug-likeness (QED) is 0.391. The molecule has 0 aromatic heterocycles. The van der Waals surface area contributed by atoms with Crippen LogP contribution in [0.2, 0.25) is 0 Å². The average molecular weight is 196 g/mol. The Kier molecular flexibility index (Phi) is 2.87. The summed E-state index contributed by atoms with van der Waals surface area (Å²) in [5.41, 5.74) is 1.39. The van der Waals surface area contributed by atoms with Crippen molar-refractivity contribution in [3.05, 3.63) is 11.6 Å². The van der Waals surface area contributed by atoms with E-state index < -0.39 is 0 Å². The van der Waals surface area contributed by atoms with Gasteiger partial charge in [-0.3, -0.25) is 4.79 Å². The van der Waals surface area contributed by atoms with Crippen molar-refractivity contribution in [3.8, 4) is 0 Å². The standard InChI is InChI=1S/C11H16O3/c1-8-2-4-9(5-3-8)11(12)14-7-10-6-13-10/h2,9-10H,3-7H2,1H3. The summed E-state index contributed by atoms with van der Waals surface area (Å²) in [4.78, 5) is 11.5. The van der Waals surface area contributed by atoms with Crippen LogP contribution in [0.1, 0.15) is 26.2 Å². The molecule has 0 radical (unpaired) electrons. The van der Waals surface area contributed by atoms with Crippen molar-refractivity contribution < 1.29 is 14.3 Å². The molecule has 1 saturated heterocycles. The van der Waals surface area contributed by atoms with Crippen LogP contribution in [-0.4, -0.2) is 25.3 Å². The monoisotopic (exact) mass is 196 g/mol. The molecule has 0 spiro atoms. The number of epoxide rings is 1. The second-order valence-electron chi connectivity index (χ2n) is 4.11. The van der Waals surface area contributed by atoms with Crippen LogP contribution in [0.5, 0.6) is 0 Å². The van der Waals surface area contributed by atoms with Crippen molar-refractivity contribution in [2.45, 2.75) is 32.3 Å². The Balaban J connectivity index is 1.74. The number of ether oxygens (including phenoxy) is 2. The molecule has 2 unspecified atom stereocenters. The van der Waals surface area contributed by atoms with E-state index in [1.165, 1.54) is 5.57 Å². The van der Waals surface area contributed by atoms with Crippen LogP contribution in [0.15, 0.2) is 11.6 Å². The second kappa shape index (κ2) is 4.13. The molecule has 1 aliphatic carbocycles. The van der Waals surface area contributed by atoms with Crippen LogP contribution in [0, 0.1) is 5.92 Å². The van der Waals surface area contributed by atoms with Crippen LogP contribution in [-0.2, 0) is 14.3 Å². The highest BCUT2D eigenvalue weighted by Gasteiger charge is 2.27. The normalized spacial score (nSPS) is 30.8. The van der Waals surface area contributed by atoms with Crippen molar-refractivity contribution in [1.82, 2.24) is 0 Å². The highest BCUT2D eigenvalue weighted by atomic mass is 16.6. The van der Waals surface area contributed by atoms with E-state index in [0.717, 1.165) is 25.9 Å². The summed E-state index contributed by atoms with van der Waals surface area (Å²) >= 11 is 0. The molecular formula is C11H16O3. The third kappa shape index (κ3) is 2.58. The van der Waals surface area contributed by atoms with Crippen molar-refractivity contribution in [2.75, 3.05) is 13.2 Å². The Morgan fingerprint density at radius 3 is 3.07 bits per heavy atom. The van der Waals surface area contributed by atoms with Crippen molar-refractivity contribution in [2.24, 2.45) is 5.92 Å². The molecule has 14 heavy (non-hydrogen) atoms. The molecule has 0 N–H and O–H groups in total. The fourth-order valence-electron chi connectivity index (χ4n) is 1.64. The summed E-state index contributed by atoms with van der Waals surface area (Å²) in [5, 5.41) is 0. The first-order chi connectivity index (χ1) is 6.75. The minimum absolute atomic E-state index is 0.0516. The Labute approximate surface area is 84.1 Å². The lowest BCUT2D eigenvalue weighted by molar-refractivity contribution is -0.149. The van der Waals surface area contributed by atoms with Gasteiger partial charge in [0.2, 0.25) is 0 Å². The van der Waals surface area contributed by atoms with Gasteiger partial charge < -0.3 is 9.47 Å². The number of allylic oxidation sites excluding steroid dienone is 2. The molecule has 0 amide bonds. The summed E-state index contributed by atoms with van der Waals surface area (Å²) in [6.45, 7) is 3.30. The topological polar surface area (TPSA) is 38.8 Å². The van der Waals surface area contributed by atoms with E-state index in [-0.39, 0.29) is 18.0 Å². The third-order valence-corrected chi connectivity index (χ3v) is 2.79. The molecule has 3 heteroatoms. The lowest BCUT2D eigenvalue weighted by atomic mass is 9.90. The second-order valence-corrected chi connectivity index (χ2v) is 4.11. The summed E-state index contributed by atoms with van der Waals surface area (Å²) in [7, 11) is 0. The van der Waals surface area contributed by atoms with Gasteiger partial charge in [0.1, 0.15) is 12.7 Å². The first-order valence-electron chi connectivity index (χ1n) is 5.19. The zero-order valence-electron chi connectivity index (χ0n) is 8.49. The van der Waals surface area contributed by atoms with Gasteiger partial charge in [-0.1, -0.05) is 11.6 Å². The van der Waals surface area contributed by atoms with Crippen LogP contribution >= 0.6 is 0 Å². The van der Waals surface area contributed by atoms with E-state index >= 15 is 0 Å². The van der Waals surface area contributed by atoms with E-state index in [1.807, 2.05) is 0 Å². The Hall–Kier alpha value is -0.830. The molecule has 0 aromatic carbocycles. The molecule has 1 heterocycles. The highest BCUT2D eigenvalue weighted by molar-refractivity contribution is 5.73. The van der Waals surface area contributed by atoms with Crippen molar-refractivity contribution >= 4 is 5.97 Å². The van der Waals surface area contributed by atoms with E-state index in [2.05, 4.69) is 13.0 Å². The fraction of sp³-hybridized carbons (Fsp3) is 0.727. The lowest BCUT2D eigenvalue weighted by Crippen LogP contribution is -2.21. The van der Waals surface area contributed by atoms with Gasteiger partial charge in [0.25, 0.3) is 0 Å². The summed E-state index contributed by atoms with van der Waals surface area (Å²) in [5.74, 6) is 0.0294. The SMILES string of the molecule is CC1=CCC(C(=O)OCC2CO2)CC1. The highest BCUT2D eigenvalue weighted by Crippen LogP contribution is 2.24. The van der Waals surface area contributed by atoms with Crippen LogP contribution in [0.4, 0.5) is 0 Å². The van der Waals surface area contributed by atoms with Gasteiger partial charge in [0.05, 0.1) is 12.5 Å². The molecule has 0 saturated carbocycles. The maximum absolute atomic E-state index is 11.5. The van der Waals surface area contributed by atoms with Crippen molar-refractivity contribution in [3.63, 3.8) is 0 Å². The van der Waals surface area contributed by atoms with E-state index in [0.29, 0.717) is 6.61 Å². The predicted molar refractivity (Wildman–Crippen MR) is 51.8 cm³/mol. The minimum atomic E-state index is -0.0516. The minimum Gasteiger partial charge on any atom is -0.463 e. The zero-order chi connectivity index (χ0) is 9.97. The van der Waals surface area contributed by atoms with Crippen LogP contribution in [0.25, 0.3) is 0 Å². The molecule has 0 bridgehead atoms. The predicted octanol–water partition coefficient (Wildman–Crippen LogP) is 1.67. The van der Waals surface area contributed by atoms with E-state index in [4.69, 9.17) is 9.47 Å². The maximum atomic E-state index is 11.5. The average Bonchev–Trinajstić information content (AvgIpc) is 2.99. The van der Waals surface area contributed by atoms with Crippen molar-refractivity contribution in [1.29, 1.82) is 0 Å². The van der Waals surface area contributed by atoms with Gasteiger partial charge in [-0.05, 0) is 26.2 Å². The largest absolute Gasteiger partial charge is 0.463 e. The number of hydrogen-bond donors (Lipinski definition) is 0. The van der Waals surface area contributed by atoms with Gasteiger partial charge >= 0.3 is 5.97 Å². The smallest absolute Gasteiger partial charge is 0.309 e. The lowest BCUT2D eigenvalue weighted by Gasteiger charge is -2.18. The fourth-order valence-corrected chi connectivity index (χ4v) is 1.64. The first-order valence-corrected chi connectivity index (χ1v) is 5.19. The Morgan fingerprint density at radius 1 is 1.71 bits per heavy atom. The Morgan fingerprint density at radius 2 is 2.50 bits per heavy atom. The molecule has 78 valence electrons. The first kappa shape index (κ1) is 9.71. The molecule has 2 rings (SSSR count). The number of esters is 1. The number of hydrogen-bond acceptors (Lipinski definition) is 3. The van der Waals surface area contributed by atoms with Crippen LogP contribution in [0.3, 0.4) is 0 Å². The van der Waals surface area contributed by atoms with Gasteiger partial charge in [-0.25, -0.2) is 0 Å². The molecule has 1 aliphatic heterocycles. The summed E-state index contributed by atoms with van der Waals surface area (Å²) in [6, 6.07) is 0. The van der Waals surface area contributed by atoms with Gasteiger partial charge in [-0.15, -0.1) is 0 Å². The molecule has 0 aromatic rings. The third-order valence-electron chi connectivity index (χ3n) is 2.79. The maximum Gasteiger partial charge on any atom is 0.309 e. The molecule has 2 aliphatic rings. The molecule has 3 nitrogen and oxygen atoms in total. The number of carbonyl (C=O) groups is 1. The molecular weight excluding hydrogens is 180 g/mol. The van der Waals surface area contributed by atoms with E-state index in [9.17, 15) is 4.79 Å². The Bertz CT molecular complexity index is 253.